The molecule has 0 radical (unpaired) electrons. The van der Waals surface area contributed by atoms with Gasteiger partial charge in [-0.25, -0.2) is 0 Å². The Kier molecular flexibility index (Phi) is 2.75. The summed E-state index contributed by atoms with van der Waals surface area (Å²) in [4.78, 5) is 0. The van der Waals surface area contributed by atoms with Gasteiger partial charge in [0.2, 0.25) is 0 Å². The van der Waals surface area contributed by atoms with Gasteiger partial charge >= 0.3 is 0 Å². The van der Waals surface area contributed by atoms with Gasteiger partial charge in [0.15, 0.2) is 11.6 Å². The van der Waals surface area contributed by atoms with Crippen LogP contribution in [0, 0.1) is 0 Å². The van der Waals surface area contributed by atoms with Crippen LogP contribution in [0.15, 0.2) is 0 Å². The van der Waals surface area contributed by atoms with E-state index < -0.39 is 0 Å². The standard InChI is InChI=1S/C10H17N3O2/c1-3-13-8(7-14)11-12-9(13)10(2)5-4-6-15-10/h14H,3-7H2,1-2H3. The monoisotopic (exact) mass is 211 g/mol. The minimum atomic E-state index is -0.323. The molecule has 5 heteroatoms. The summed E-state index contributed by atoms with van der Waals surface area (Å²) in [5.74, 6) is 1.45. The fourth-order valence-corrected chi connectivity index (χ4v) is 2.13. The van der Waals surface area contributed by atoms with Gasteiger partial charge in [0.25, 0.3) is 0 Å². The van der Waals surface area contributed by atoms with Gasteiger partial charge in [-0.3, -0.25) is 0 Å². The van der Waals surface area contributed by atoms with Gasteiger partial charge in [0.1, 0.15) is 12.2 Å². The van der Waals surface area contributed by atoms with Crippen molar-refractivity contribution in [2.75, 3.05) is 6.61 Å². The number of rotatable bonds is 3. The molecule has 1 aromatic rings. The molecule has 1 fully saturated rings. The third-order valence-corrected chi connectivity index (χ3v) is 2.98. The lowest BCUT2D eigenvalue weighted by molar-refractivity contribution is 0.00606. The summed E-state index contributed by atoms with van der Waals surface area (Å²) in [5.41, 5.74) is -0.323. The zero-order valence-corrected chi connectivity index (χ0v) is 9.23. The van der Waals surface area contributed by atoms with Crippen molar-refractivity contribution in [1.29, 1.82) is 0 Å². The Balaban J connectivity index is 2.38. The van der Waals surface area contributed by atoms with Crippen LogP contribution in [0.3, 0.4) is 0 Å². The van der Waals surface area contributed by atoms with Crippen LogP contribution in [0.2, 0.25) is 0 Å². The van der Waals surface area contributed by atoms with E-state index in [1.807, 2.05) is 18.4 Å². The van der Waals surface area contributed by atoms with E-state index in [1.165, 1.54) is 0 Å². The van der Waals surface area contributed by atoms with Gasteiger partial charge in [0, 0.05) is 13.2 Å². The zero-order valence-electron chi connectivity index (χ0n) is 9.23. The Labute approximate surface area is 89.1 Å². The Hall–Kier alpha value is -0.940. The molecule has 0 bridgehead atoms. The maximum atomic E-state index is 9.13. The lowest BCUT2D eigenvalue weighted by atomic mass is 10.0. The fourth-order valence-electron chi connectivity index (χ4n) is 2.13. The predicted octanol–water partition coefficient (Wildman–Crippen LogP) is 0.816. The Morgan fingerprint density at radius 3 is 2.87 bits per heavy atom. The van der Waals surface area contributed by atoms with E-state index in [0.717, 1.165) is 31.8 Å². The van der Waals surface area contributed by atoms with Crippen molar-refractivity contribution in [3.05, 3.63) is 11.6 Å². The second-order valence-corrected chi connectivity index (χ2v) is 4.03. The molecule has 0 amide bonds. The van der Waals surface area contributed by atoms with Crippen LogP contribution in [0.4, 0.5) is 0 Å². The molecule has 1 atom stereocenters. The number of aliphatic hydroxyl groups excluding tert-OH is 1. The lowest BCUT2D eigenvalue weighted by Crippen LogP contribution is -2.25. The average molecular weight is 211 g/mol. The molecular formula is C10H17N3O2. The van der Waals surface area contributed by atoms with Crippen molar-refractivity contribution < 1.29 is 9.84 Å². The van der Waals surface area contributed by atoms with E-state index in [0.29, 0.717) is 5.82 Å². The van der Waals surface area contributed by atoms with E-state index in [1.54, 1.807) is 0 Å². The van der Waals surface area contributed by atoms with Crippen LogP contribution >= 0.6 is 0 Å². The van der Waals surface area contributed by atoms with E-state index in [2.05, 4.69) is 10.2 Å². The van der Waals surface area contributed by atoms with Crippen LogP contribution < -0.4 is 0 Å². The Bertz CT molecular complexity index is 342. The molecule has 1 aliphatic heterocycles. The molecule has 5 nitrogen and oxygen atoms in total. The van der Waals surface area contributed by atoms with Gasteiger partial charge in [-0.15, -0.1) is 10.2 Å². The summed E-state index contributed by atoms with van der Waals surface area (Å²) >= 11 is 0. The highest BCUT2D eigenvalue weighted by Crippen LogP contribution is 2.34. The molecule has 0 saturated carbocycles. The topological polar surface area (TPSA) is 60.2 Å². The van der Waals surface area contributed by atoms with E-state index in [-0.39, 0.29) is 12.2 Å². The average Bonchev–Trinajstić information content (AvgIpc) is 2.83. The molecule has 2 rings (SSSR count). The van der Waals surface area contributed by atoms with Crippen molar-refractivity contribution in [3.8, 4) is 0 Å². The summed E-state index contributed by atoms with van der Waals surface area (Å²) in [6.07, 6.45) is 2.03. The summed E-state index contributed by atoms with van der Waals surface area (Å²) in [5, 5.41) is 17.2. The van der Waals surface area contributed by atoms with Gasteiger partial charge in [-0.2, -0.15) is 0 Å². The summed E-state index contributed by atoms with van der Waals surface area (Å²) in [7, 11) is 0. The summed E-state index contributed by atoms with van der Waals surface area (Å²) < 4.78 is 7.66. The molecule has 2 heterocycles. The maximum absolute atomic E-state index is 9.13. The minimum absolute atomic E-state index is 0.0725. The van der Waals surface area contributed by atoms with Crippen molar-refractivity contribution in [2.24, 2.45) is 0 Å². The number of hydrogen-bond acceptors (Lipinski definition) is 4. The van der Waals surface area contributed by atoms with Gasteiger partial charge < -0.3 is 14.4 Å². The number of aromatic nitrogens is 3. The maximum Gasteiger partial charge on any atom is 0.165 e. The fraction of sp³-hybridized carbons (Fsp3) is 0.800. The number of hydrogen-bond donors (Lipinski definition) is 1. The number of aliphatic hydroxyl groups is 1. The molecule has 84 valence electrons. The first-order valence-corrected chi connectivity index (χ1v) is 5.38. The Morgan fingerprint density at radius 1 is 1.53 bits per heavy atom. The number of nitrogens with zero attached hydrogens (tertiary/aromatic N) is 3. The van der Waals surface area contributed by atoms with E-state index in [9.17, 15) is 0 Å². The highest BCUT2D eigenvalue weighted by molar-refractivity contribution is 5.06. The van der Waals surface area contributed by atoms with Crippen LogP contribution in [0.1, 0.15) is 38.3 Å². The smallest absolute Gasteiger partial charge is 0.165 e. The molecule has 1 N–H and O–H groups in total. The van der Waals surface area contributed by atoms with Crippen molar-refractivity contribution in [2.45, 2.75) is 45.4 Å². The van der Waals surface area contributed by atoms with Crippen LogP contribution in [0.5, 0.6) is 0 Å². The SMILES string of the molecule is CCn1c(CO)nnc1C1(C)CCCO1. The lowest BCUT2D eigenvalue weighted by Gasteiger charge is -2.22. The summed E-state index contributed by atoms with van der Waals surface area (Å²) in [6, 6.07) is 0. The molecule has 0 aromatic carbocycles. The van der Waals surface area contributed by atoms with Crippen molar-refractivity contribution in [3.63, 3.8) is 0 Å². The third kappa shape index (κ3) is 1.66. The highest BCUT2D eigenvalue weighted by atomic mass is 16.5. The summed E-state index contributed by atoms with van der Waals surface area (Å²) in [6.45, 7) is 5.53. The normalized spacial score (nSPS) is 26.1. The van der Waals surface area contributed by atoms with Gasteiger partial charge in [-0.05, 0) is 26.7 Å². The molecule has 1 unspecified atom stereocenters. The first-order valence-electron chi connectivity index (χ1n) is 5.38. The first-order chi connectivity index (χ1) is 7.21. The van der Waals surface area contributed by atoms with Crippen LogP contribution in [0.25, 0.3) is 0 Å². The minimum Gasteiger partial charge on any atom is -0.388 e. The second-order valence-electron chi connectivity index (χ2n) is 4.03. The molecule has 15 heavy (non-hydrogen) atoms. The molecule has 1 aliphatic rings. The molecule has 0 aliphatic carbocycles. The largest absolute Gasteiger partial charge is 0.388 e. The van der Waals surface area contributed by atoms with Gasteiger partial charge in [0.05, 0.1) is 0 Å². The molecule has 0 spiro atoms. The van der Waals surface area contributed by atoms with Crippen molar-refractivity contribution in [1.82, 2.24) is 14.8 Å². The number of ether oxygens (including phenoxy) is 1. The molecular weight excluding hydrogens is 194 g/mol. The zero-order chi connectivity index (χ0) is 10.9. The Morgan fingerprint density at radius 2 is 2.33 bits per heavy atom. The quantitative estimate of drug-likeness (QED) is 0.804. The van der Waals surface area contributed by atoms with Crippen molar-refractivity contribution >= 4 is 0 Å². The van der Waals surface area contributed by atoms with Crippen LogP contribution in [-0.2, 0) is 23.5 Å². The third-order valence-electron chi connectivity index (χ3n) is 2.98. The highest BCUT2D eigenvalue weighted by Gasteiger charge is 2.37. The molecule has 1 saturated heterocycles. The van der Waals surface area contributed by atoms with E-state index in [4.69, 9.17) is 9.84 Å². The molecule has 1 aromatic heterocycles. The first kappa shape index (κ1) is 10.6. The predicted molar refractivity (Wildman–Crippen MR) is 54.2 cm³/mol. The van der Waals surface area contributed by atoms with E-state index >= 15 is 0 Å². The van der Waals surface area contributed by atoms with Crippen LogP contribution in [-0.4, -0.2) is 26.5 Å². The second kappa shape index (κ2) is 3.90. The van der Waals surface area contributed by atoms with Gasteiger partial charge in [-0.1, -0.05) is 0 Å².